The number of nitrogens with zero attached hydrogens (tertiary/aromatic N) is 1. The molecule has 0 saturated heterocycles. The molecule has 3 rings (SSSR count). The molecule has 0 unspecified atom stereocenters. The number of aliphatic imine (C=N–C) groups is 1. The van der Waals surface area contributed by atoms with Gasteiger partial charge in [0.25, 0.3) is 5.91 Å². The van der Waals surface area contributed by atoms with E-state index < -0.39 is 0 Å². The molecular formula is C25H34IN5O2. The first-order chi connectivity index (χ1) is 15.6. The number of nitrogens with one attached hydrogen (secondary N) is 4. The largest absolute Gasteiger partial charge is 0.484 e. The fraction of sp³-hybridized carbons (Fsp3) is 0.360. The number of fused-ring (bicyclic) bond motifs is 1. The van der Waals surface area contributed by atoms with Crippen LogP contribution in [0.4, 0.5) is 0 Å². The molecule has 0 fully saturated rings. The number of hydrogen-bond donors (Lipinski definition) is 4. The first kappa shape index (κ1) is 26.5. The molecule has 7 nitrogen and oxygen atoms in total. The maximum absolute atomic E-state index is 11.6. The average Bonchev–Trinajstić information content (AvgIpc) is 3.23. The summed E-state index contributed by atoms with van der Waals surface area (Å²) >= 11 is 0. The monoisotopic (exact) mass is 563 g/mol. The van der Waals surface area contributed by atoms with E-state index in [-0.39, 0.29) is 36.5 Å². The van der Waals surface area contributed by atoms with Crippen LogP contribution in [0.5, 0.6) is 5.75 Å². The summed E-state index contributed by atoms with van der Waals surface area (Å²) in [7, 11) is 1.76. The van der Waals surface area contributed by atoms with E-state index in [1.54, 1.807) is 7.05 Å². The van der Waals surface area contributed by atoms with Crippen LogP contribution in [-0.4, -0.2) is 43.6 Å². The zero-order valence-corrected chi connectivity index (χ0v) is 21.9. The van der Waals surface area contributed by atoms with Gasteiger partial charge in [0, 0.05) is 43.8 Å². The maximum atomic E-state index is 11.6. The van der Waals surface area contributed by atoms with E-state index in [2.05, 4.69) is 57.2 Å². The fourth-order valence-electron chi connectivity index (χ4n) is 3.64. The standard InChI is InChI=1S/C25H33N5O2.HI/c1-4-19-9-7-11-22-20(16-29-24(19)22)12-13-28-25(26-3)30-15-18-8-6-10-21(14-18)32-17-23(31)27-5-2;/h6-11,14,16,29H,4-5,12-13,15,17H2,1-3H3,(H,27,31)(H2,26,28,30);1H. The zero-order valence-electron chi connectivity index (χ0n) is 19.5. The molecule has 0 radical (unpaired) electrons. The Hall–Kier alpha value is -2.75. The fourth-order valence-corrected chi connectivity index (χ4v) is 3.64. The van der Waals surface area contributed by atoms with Crippen molar-refractivity contribution in [2.75, 3.05) is 26.7 Å². The summed E-state index contributed by atoms with van der Waals surface area (Å²) in [6.07, 6.45) is 4.02. The number of halogens is 1. The number of ether oxygens (including phenoxy) is 1. The van der Waals surface area contributed by atoms with Crippen LogP contribution < -0.4 is 20.7 Å². The second kappa shape index (κ2) is 13.7. The normalized spacial score (nSPS) is 11.1. The van der Waals surface area contributed by atoms with Crippen molar-refractivity contribution in [1.29, 1.82) is 0 Å². The average molecular weight is 563 g/mol. The summed E-state index contributed by atoms with van der Waals surface area (Å²) in [6, 6.07) is 14.2. The predicted molar refractivity (Wildman–Crippen MR) is 146 cm³/mol. The molecule has 1 heterocycles. The van der Waals surface area contributed by atoms with E-state index in [9.17, 15) is 4.79 Å². The van der Waals surface area contributed by atoms with Crippen molar-refractivity contribution < 1.29 is 9.53 Å². The molecule has 3 aromatic rings. The maximum Gasteiger partial charge on any atom is 0.257 e. The Morgan fingerprint density at radius 2 is 1.88 bits per heavy atom. The van der Waals surface area contributed by atoms with Gasteiger partial charge in [-0.1, -0.05) is 37.3 Å². The molecule has 1 amide bonds. The summed E-state index contributed by atoms with van der Waals surface area (Å²) in [5, 5.41) is 10.7. The van der Waals surface area contributed by atoms with Gasteiger partial charge in [-0.3, -0.25) is 9.79 Å². The topological polar surface area (TPSA) is 90.5 Å². The highest BCUT2D eigenvalue weighted by molar-refractivity contribution is 14.0. The minimum Gasteiger partial charge on any atom is -0.484 e. The van der Waals surface area contributed by atoms with Gasteiger partial charge >= 0.3 is 0 Å². The van der Waals surface area contributed by atoms with Gasteiger partial charge in [-0.25, -0.2) is 0 Å². The SMILES string of the molecule is CCNC(=O)COc1cccc(CNC(=NC)NCCc2c[nH]c3c(CC)cccc23)c1.I. The lowest BCUT2D eigenvalue weighted by Crippen LogP contribution is -2.37. The third kappa shape index (κ3) is 7.66. The Kier molecular flexibility index (Phi) is 11.0. The van der Waals surface area contributed by atoms with Crippen molar-refractivity contribution in [1.82, 2.24) is 20.9 Å². The molecule has 8 heteroatoms. The second-order valence-electron chi connectivity index (χ2n) is 7.50. The number of guanidine groups is 1. The van der Waals surface area contributed by atoms with Crippen molar-refractivity contribution in [3.05, 3.63) is 65.4 Å². The second-order valence-corrected chi connectivity index (χ2v) is 7.50. The molecule has 33 heavy (non-hydrogen) atoms. The molecule has 0 bridgehead atoms. The van der Waals surface area contributed by atoms with Crippen LogP contribution in [-0.2, 0) is 24.2 Å². The molecule has 0 spiro atoms. The number of para-hydroxylation sites is 1. The summed E-state index contributed by atoms with van der Waals surface area (Å²) < 4.78 is 5.56. The van der Waals surface area contributed by atoms with E-state index in [1.807, 2.05) is 31.2 Å². The van der Waals surface area contributed by atoms with Crippen molar-refractivity contribution in [2.24, 2.45) is 4.99 Å². The lowest BCUT2D eigenvalue weighted by atomic mass is 10.1. The Balaban J connectivity index is 0.00000385. The molecule has 0 saturated carbocycles. The van der Waals surface area contributed by atoms with Crippen LogP contribution in [0.3, 0.4) is 0 Å². The number of H-pyrrole nitrogens is 1. The summed E-state index contributed by atoms with van der Waals surface area (Å²) in [5.41, 5.74) is 4.93. The van der Waals surface area contributed by atoms with Crippen molar-refractivity contribution in [3.8, 4) is 5.75 Å². The highest BCUT2D eigenvalue weighted by atomic mass is 127. The van der Waals surface area contributed by atoms with E-state index in [1.165, 1.54) is 22.0 Å². The van der Waals surface area contributed by atoms with Crippen LogP contribution in [0.2, 0.25) is 0 Å². The van der Waals surface area contributed by atoms with Gasteiger partial charge in [-0.2, -0.15) is 0 Å². The van der Waals surface area contributed by atoms with E-state index in [0.29, 0.717) is 18.8 Å². The Morgan fingerprint density at radius 1 is 1.06 bits per heavy atom. The van der Waals surface area contributed by atoms with Crippen LogP contribution in [0.25, 0.3) is 10.9 Å². The quantitative estimate of drug-likeness (QED) is 0.172. The third-order valence-electron chi connectivity index (χ3n) is 5.28. The van der Waals surface area contributed by atoms with E-state index in [4.69, 9.17) is 4.74 Å². The molecule has 0 aliphatic carbocycles. The van der Waals surface area contributed by atoms with Gasteiger partial charge in [0.2, 0.25) is 0 Å². The number of rotatable bonds is 10. The molecule has 4 N–H and O–H groups in total. The number of carbonyl (C=O) groups excluding carboxylic acids is 1. The third-order valence-corrected chi connectivity index (χ3v) is 5.28. The van der Waals surface area contributed by atoms with Gasteiger partial charge in [0.1, 0.15) is 5.75 Å². The Labute approximate surface area is 212 Å². The van der Waals surface area contributed by atoms with E-state index in [0.717, 1.165) is 30.9 Å². The van der Waals surface area contributed by atoms with Crippen molar-refractivity contribution in [2.45, 2.75) is 33.2 Å². The van der Waals surface area contributed by atoms with Crippen LogP contribution in [0.15, 0.2) is 53.7 Å². The number of likely N-dealkylation sites (N-methyl/N-ethyl adjacent to an activating group) is 1. The van der Waals surface area contributed by atoms with E-state index >= 15 is 0 Å². The predicted octanol–water partition coefficient (Wildman–Crippen LogP) is 3.77. The van der Waals surface area contributed by atoms with Crippen LogP contribution in [0, 0.1) is 0 Å². The van der Waals surface area contributed by atoms with Gasteiger partial charge in [0.15, 0.2) is 12.6 Å². The zero-order chi connectivity index (χ0) is 22.8. The number of aromatic amines is 1. The van der Waals surface area contributed by atoms with Crippen LogP contribution in [0.1, 0.15) is 30.5 Å². The smallest absolute Gasteiger partial charge is 0.257 e. The molecule has 0 aliphatic rings. The lowest BCUT2D eigenvalue weighted by molar-refractivity contribution is -0.122. The molecule has 2 aromatic carbocycles. The van der Waals surface area contributed by atoms with Crippen molar-refractivity contribution in [3.63, 3.8) is 0 Å². The number of amides is 1. The van der Waals surface area contributed by atoms with Crippen LogP contribution >= 0.6 is 24.0 Å². The Bertz CT molecular complexity index is 1060. The van der Waals surface area contributed by atoms with Crippen molar-refractivity contribution >= 4 is 46.7 Å². The molecule has 1 aromatic heterocycles. The first-order valence-corrected chi connectivity index (χ1v) is 11.1. The molecular weight excluding hydrogens is 529 g/mol. The molecule has 178 valence electrons. The number of carbonyl (C=O) groups is 1. The summed E-state index contributed by atoms with van der Waals surface area (Å²) in [4.78, 5) is 19.3. The first-order valence-electron chi connectivity index (χ1n) is 11.1. The number of hydrogen-bond acceptors (Lipinski definition) is 3. The molecule has 0 aliphatic heterocycles. The van der Waals surface area contributed by atoms with Gasteiger partial charge in [-0.05, 0) is 48.6 Å². The molecule has 0 atom stereocenters. The van der Waals surface area contributed by atoms with Gasteiger partial charge in [0.05, 0.1) is 0 Å². The van der Waals surface area contributed by atoms with Gasteiger partial charge in [-0.15, -0.1) is 24.0 Å². The Morgan fingerprint density at radius 3 is 2.64 bits per heavy atom. The van der Waals surface area contributed by atoms with Gasteiger partial charge < -0.3 is 25.7 Å². The number of benzene rings is 2. The highest BCUT2D eigenvalue weighted by Gasteiger charge is 2.07. The summed E-state index contributed by atoms with van der Waals surface area (Å²) in [5.74, 6) is 1.29. The minimum atomic E-state index is -0.123. The number of aryl methyl sites for hydroxylation is 1. The highest BCUT2D eigenvalue weighted by Crippen LogP contribution is 2.22. The lowest BCUT2D eigenvalue weighted by Gasteiger charge is -2.13. The summed E-state index contributed by atoms with van der Waals surface area (Å²) in [6.45, 7) is 6.05. The minimum absolute atomic E-state index is 0. The number of aromatic nitrogens is 1.